The second-order valence-electron chi connectivity index (χ2n) is 4.16. The van der Waals surface area contributed by atoms with Crippen LogP contribution in [0, 0.1) is 0 Å². The first-order chi connectivity index (χ1) is 8.22. The fraction of sp³-hybridized carbons (Fsp3) is 0.538. The van der Waals surface area contributed by atoms with Crippen LogP contribution < -0.4 is 14.8 Å². The van der Waals surface area contributed by atoms with Crippen molar-refractivity contribution in [2.75, 3.05) is 20.8 Å². The number of halogens is 1. The van der Waals surface area contributed by atoms with E-state index in [-0.39, 0.29) is 0 Å². The van der Waals surface area contributed by atoms with Crippen LogP contribution >= 0.6 is 11.6 Å². The summed E-state index contributed by atoms with van der Waals surface area (Å²) in [6, 6.07) is 2.40. The lowest BCUT2D eigenvalue weighted by Crippen LogP contribution is -2.29. The van der Waals surface area contributed by atoms with E-state index in [2.05, 4.69) is 12.2 Å². The normalized spacial score (nSPS) is 18.7. The third-order valence-electron chi connectivity index (χ3n) is 3.30. The maximum Gasteiger partial charge on any atom is 0.179 e. The highest BCUT2D eigenvalue weighted by atomic mass is 35.5. The second kappa shape index (κ2) is 5.15. The van der Waals surface area contributed by atoms with Crippen molar-refractivity contribution in [1.82, 2.24) is 5.32 Å². The van der Waals surface area contributed by atoms with Crippen LogP contribution in [0.5, 0.6) is 11.5 Å². The lowest BCUT2D eigenvalue weighted by Gasteiger charge is -2.28. The Hall–Kier alpha value is -0.930. The lowest BCUT2D eigenvalue weighted by atomic mass is 9.92. The van der Waals surface area contributed by atoms with E-state index in [0.29, 0.717) is 22.6 Å². The third-order valence-corrected chi connectivity index (χ3v) is 3.70. The summed E-state index contributed by atoms with van der Waals surface area (Å²) >= 11 is 6.40. The minimum absolute atomic E-state index is 0.357. The summed E-state index contributed by atoms with van der Waals surface area (Å²) in [7, 11) is 3.26. The van der Waals surface area contributed by atoms with Crippen molar-refractivity contribution in [2.24, 2.45) is 0 Å². The highest BCUT2D eigenvalue weighted by Gasteiger charge is 2.25. The number of methoxy groups -OCH3 is 2. The van der Waals surface area contributed by atoms with Gasteiger partial charge < -0.3 is 14.8 Å². The molecule has 1 aliphatic rings. The van der Waals surface area contributed by atoms with Crippen LogP contribution in [0.1, 0.15) is 30.5 Å². The summed E-state index contributed by atoms with van der Waals surface area (Å²) in [6.45, 7) is 3.12. The van der Waals surface area contributed by atoms with Crippen molar-refractivity contribution in [2.45, 2.75) is 25.8 Å². The largest absolute Gasteiger partial charge is 0.493 e. The molecule has 2 rings (SSSR count). The van der Waals surface area contributed by atoms with Gasteiger partial charge in [-0.15, -0.1) is 0 Å². The van der Waals surface area contributed by atoms with Crippen LogP contribution in [0.25, 0.3) is 0 Å². The lowest BCUT2D eigenvalue weighted by molar-refractivity contribution is 0.352. The zero-order chi connectivity index (χ0) is 12.4. The van der Waals surface area contributed by atoms with Gasteiger partial charge in [-0.25, -0.2) is 0 Å². The van der Waals surface area contributed by atoms with Gasteiger partial charge in [0.25, 0.3) is 0 Å². The summed E-state index contributed by atoms with van der Waals surface area (Å²) in [5.41, 5.74) is 2.43. The number of benzene rings is 1. The Labute approximate surface area is 107 Å². The third kappa shape index (κ3) is 2.09. The second-order valence-corrected chi connectivity index (χ2v) is 4.54. The van der Waals surface area contributed by atoms with Crippen LogP contribution in [0.3, 0.4) is 0 Å². The van der Waals surface area contributed by atoms with Crippen molar-refractivity contribution < 1.29 is 9.47 Å². The van der Waals surface area contributed by atoms with Crippen molar-refractivity contribution in [3.05, 3.63) is 22.2 Å². The Balaban J connectivity index is 2.58. The van der Waals surface area contributed by atoms with E-state index >= 15 is 0 Å². The van der Waals surface area contributed by atoms with Gasteiger partial charge in [-0.3, -0.25) is 0 Å². The minimum Gasteiger partial charge on any atom is -0.493 e. The molecule has 0 aliphatic carbocycles. The highest BCUT2D eigenvalue weighted by Crippen LogP contribution is 2.43. The monoisotopic (exact) mass is 255 g/mol. The molecule has 4 heteroatoms. The predicted molar refractivity (Wildman–Crippen MR) is 69.3 cm³/mol. The molecule has 1 aliphatic heterocycles. The summed E-state index contributed by atoms with van der Waals surface area (Å²) < 4.78 is 10.7. The Morgan fingerprint density at radius 2 is 2.18 bits per heavy atom. The van der Waals surface area contributed by atoms with Gasteiger partial charge in [0, 0.05) is 6.04 Å². The van der Waals surface area contributed by atoms with Crippen molar-refractivity contribution in [3.8, 4) is 11.5 Å². The van der Waals surface area contributed by atoms with Gasteiger partial charge in [0.1, 0.15) is 0 Å². The SMILES string of the molecule is CCC1NCCc2c1cc(OC)c(OC)c2Cl. The molecule has 1 heterocycles. The molecule has 0 fully saturated rings. The van der Waals surface area contributed by atoms with Gasteiger partial charge in [0.2, 0.25) is 0 Å². The first-order valence-electron chi connectivity index (χ1n) is 5.89. The molecule has 0 aromatic heterocycles. The van der Waals surface area contributed by atoms with Crippen molar-refractivity contribution in [3.63, 3.8) is 0 Å². The molecular formula is C13H18ClNO2. The molecular weight excluding hydrogens is 238 g/mol. The Bertz CT molecular complexity index is 420. The summed E-state index contributed by atoms with van der Waals surface area (Å²) in [6.07, 6.45) is 1.98. The smallest absolute Gasteiger partial charge is 0.179 e. The van der Waals surface area contributed by atoms with Crippen LogP contribution in [-0.4, -0.2) is 20.8 Å². The highest BCUT2D eigenvalue weighted by molar-refractivity contribution is 6.33. The summed E-state index contributed by atoms with van der Waals surface area (Å²) in [5, 5.41) is 4.18. The number of ether oxygens (including phenoxy) is 2. The summed E-state index contributed by atoms with van der Waals surface area (Å²) in [5.74, 6) is 1.35. The number of nitrogens with one attached hydrogen (secondary N) is 1. The molecule has 1 aromatic rings. The quantitative estimate of drug-likeness (QED) is 0.901. The zero-order valence-electron chi connectivity index (χ0n) is 10.5. The molecule has 94 valence electrons. The first-order valence-corrected chi connectivity index (χ1v) is 6.27. The van der Waals surface area contributed by atoms with Gasteiger partial charge in [-0.2, -0.15) is 0 Å². The Morgan fingerprint density at radius 1 is 1.41 bits per heavy atom. The molecule has 17 heavy (non-hydrogen) atoms. The van der Waals surface area contributed by atoms with E-state index in [1.807, 2.05) is 6.07 Å². The number of hydrogen-bond donors (Lipinski definition) is 1. The van der Waals surface area contributed by atoms with E-state index in [1.54, 1.807) is 14.2 Å². The summed E-state index contributed by atoms with van der Waals surface area (Å²) in [4.78, 5) is 0. The molecule has 1 unspecified atom stereocenters. The van der Waals surface area contributed by atoms with E-state index in [9.17, 15) is 0 Å². The average molecular weight is 256 g/mol. The molecule has 0 saturated heterocycles. The maximum atomic E-state index is 6.40. The van der Waals surface area contributed by atoms with E-state index in [1.165, 1.54) is 11.1 Å². The maximum absolute atomic E-state index is 6.40. The molecule has 0 bridgehead atoms. The minimum atomic E-state index is 0.357. The van der Waals surface area contributed by atoms with Gasteiger partial charge in [0.15, 0.2) is 11.5 Å². The van der Waals surface area contributed by atoms with Gasteiger partial charge in [-0.05, 0) is 36.6 Å². The molecule has 3 nitrogen and oxygen atoms in total. The molecule has 1 aromatic carbocycles. The Morgan fingerprint density at radius 3 is 2.76 bits per heavy atom. The van der Waals surface area contributed by atoms with Gasteiger partial charge >= 0.3 is 0 Å². The molecule has 0 amide bonds. The Kier molecular flexibility index (Phi) is 3.79. The van der Waals surface area contributed by atoms with E-state index in [4.69, 9.17) is 21.1 Å². The number of hydrogen-bond acceptors (Lipinski definition) is 3. The van der Waals surface area contributed by atoms with Crippen LogP contribution in [0.4, 0.5) is 0 Å². The standard InChI is InChI=1S/C13H18ClNO2/c1-4-10-9-7-11(16-2)13(17-3)12(14)8(9)5-6-15-10/h7,10,15H,4-6H2,1-3H3. The predicted octanol–water partition coefficient (Wildman–Crippen LogP) is 2.95. The van der Waals surface area contributed by atoms with Crippen LogP contribution in [0.2, 0.25) is 5.02 Å². The fourth-order valence-electron chi connectivity index (χ4n) is 2.42. The van der Waals surface area contributed by atoms with Crippen molar-refractivity contribution in [1.29, 1.82) is 0 Å². The van der Waals surface area contributed by atoms with E-state index in [0.717, 1.165) is 19.4 Å². The molecule has 1 atom stereocenters. The van der Waals surface area contributed by atoms with Gasteiger partial charge in [-0.1, -0.05) is 18.5 Å². The topological polar surface area (TPSA) is 30.5 Å². The number of fused-ring (bicyclic) bond motifs is 1. The molecule has 1 N–H and O–H groups in total. The average Bonchev–Trinajstić information content (AvgIpc) is 2.37. The van der Waals surface area contributed by atoms with Crippen LogP contribution in [-0.2, 0) is 6.42 Å². The van der Waals surface area contributed by atoms with Crippen LogP contribution in [0.15, 0.2) is 6.07 Å². The molecule has 0 radical (unpaired) electrons. The molecule has 0 saturated carbocycles. The first kappa shape index (κ1) is 12.5. The zero-order valence-corrected chi connectivity index (χ0v) is 11.2. The van der Waals surface area contributed by atoms with Crippen molar-refractivity contribution >= 4 is 11.6 Å². The number of rotatable bonds is 3. The molecule has 0 spiro atoms. The van der Waals surface area contributed by atoms with Gasteiger partial charge in [0.05, 0.1) is 19.2 Å². The van der Waals surface area contributed by atoms with E-state index < -0.39 is 0 Å². The fourth-order valence-corrected chi connectivity index (χ4v) is 2.79.